The first-order chi connectivity index (χ1) is 10.8. The van der Waals surface area contributed by atoms with Crippen molar-refractivity contribution in [3.63, 3.8) is 0 Å². The first-order valence-electron chi connectivity index (χ1n) is 8.84. The number of carbonyl (C=O) groups excluding carboxylic acids is 1. The average Bonchev–Trinajstić information content (AvgIpc) is 2.94. The molecule has 3 atom stereocenters. The number of aryl methyl sites for hydroxylation is 1. The van der Waals surface area contributed by atoms with E-state index in [1.807, 2.05) is 12.1 Å². The number of hydrogen-bond acceptors (Lipinski definition) is 1. The highest BCUT2D eigenvalue weighted by Crippen LogP contribution is 2.79. The minimum Gasteiger partial charge on any atom is -0.326 e. The fourth-order valence-electron chi connectivity index (χ4n) is 4.84. The van der Waals surface area contributed by atoms with Crippen molar-refractivity contribution >= 4 is 27.5 Å². The zero-order valence-corrected chi connectivity index (χ0v) is 16.3. The van der Waals surface area contributed by atoms with Crippen LogP contribution in [0, 0.1) is 16.2 Å². The Morgan fingerprint density at radius 2 is 1.87 bits per heavy atom. The Labute approximate surface area is 148 Å². The molecule has 1 N–H and O–H groups in total. The molecule has 126 valence electrons. The van der Waals surface area contributed by atoms with E-state index in [9.17, 15) is 4.79 Å². The van der Waals surface area contributed by atoms with Crippen molar-refractivity contribution in [3.05, 3.63) is 29.8 Å². The zero-order valence-electron chi connectivity index (χ0n) is 14.7. The summed E-state index contributed by atoms with van der Waals surface area (Å²) < 4.78 is 0. The monoisotopic (exact) mass is 377 g/mol. The number of benzene rings is 1. The van der Waals surface area contributed by atoms with E-state index in [1.54, 1.807) is 0 Å². The molecule has 0 aliphatic heterocycles. The van der Waals surface area contributed by atoms with Gasteiger partial charge in [-0.05, 0) is 54.2 Å². The van der Waals surface area contributed by atoms with Crippen molar-refractivity contribution < 1.29 is 4.79 Å². The number of hydrogen-bond donors (Lipinski definition) is 1. The van der Waals surface area contributed by atoms with E-state index in [-0.39, 0.29) is 27.0 Å². The van der Waals surface area contributed by atoms with Crippen molar-refractivity contribution in [2.45, 2.75) is 64.6 Å². The summed E-state index contributed by atoms with van der Waals surface area (Å²) in [7, 11) is 0. The number of alkyl halides is 1. The summed E-state index contributed by atoms with van der Waals surface area (Å²) >= 11 is 3.84. The molecule has 0 heterocycles. The van der Waals surface area contributed by atoms with Crippen molar-refractivity contribution in [1.82, 2.24) is 0 Å². The molecule has 1 aromatic carbocycles. The predicted octanol–water partition coefficient (Wildman–Crippen LogP) is 5.56. The Morgan fingerprint density at radius 3 is 2.35 bits per heavy atom. The van der Waals surface area contributed by atoms with Gasteiger partial charge in [-0.1, -0.05) is 62.2 Å². The Kier molecular flexibility index (Phi) is 4.15. The third kappa shape index (κ3) is 2.15. The summed E-state index contributed by atoms with van der Waals surface area (Å²) in [6, 6.07) is 8.36. The molecule has 3 saturated carbocycles. The molecule has 1 aromatic rings. The summed E-state index contributed by atoms with van der Waals surface area (Å²) in [5.74, 6) is 0.181. The van der Waals surface area contributed by atoms with Gasteiger partial charge in [-0.3, -0.25) is 4.79 Å². The van der Waals surface area contributed by atoms with E-state index >= 15 is 0 Å². The lowest BCUT2D eigenvalue weighted by Crippen LogP contribution is -2.68. The summed E-state index contributed by atoms with van der Waals surface area (Å²) in [5, 5.41) is 3.18. The molecule has 2 nitrogen and oxygen atoms in total. The van der Waals surface area contributed by atoms with Crippen LogP contribution in [0.1, 0.15) is 58.9 Å². The van der Waals surface area contributed by atoms with Crippen LogP contribution in [-0.2, 0) is 11.2 Å². The van der Waals surface area contributed by atoms with Crippen LogP contribution in [0.15, 0.2) is 24.3 Å². The van der Waals surface area contributed by atoms with E-state index < -0.39 is 0 Å². The number of halogens is 1. The van der Waals surface area contributed by atoms with Crippen molar-refractivity contribution in [1.29, 1.82) is 0 Å². The van der Waals surface area contributed by atoms with Gasteiger partial charge in [0.1, 0.15) is 0 Å². The van der Waals surface area contributed by atoms with Crippen LogP contribution in [0.4, 0.5) is 5.69 Å². The fourth-order valence-corrected chi connectivity index (χ4v) is 6.65. The Balaban J connectivity index is 1.73. The Morgan fingerprint density at radius 1 is 1.22 bits per heavy atom. The molecule has 1 amide bonds. The standard InChI is InChI=1S/C20H28BrNO/c1-5-6-7-14-8-10-15(11-9-14)22-17(23)20-13-12-19(4,16(20)21)18(20,2)3/h8-11,16H,5-7,12-13H2,1-4H3,(H,22,23). The molecule has 4 rings (SSSR count). The molecule has 2 bridgehead atoms. The molecular weight excluding hydrogens is 350 g/mol. The maximum Gasteiger partial charge on any atom is 0.232 e. The highest BCUT2D eigenvalue weighted by atomic mass is 79.9. The average molecular weight is 378 g/mol. The van der Waals surface area contributed by atoms with E-state index in [0.29, 0.717) is 0 Å². The summed E-state index contributed by atoms with van der Waals surface area (Å²) in [6.45, 7) is 9.03. The third-order valence-electron chi connectivity index (χ3n) is 7.01. The quantitative estimate of drug-likeness (QED) is 0.668. The van der Waals surface area contributed by atoms with Gasteiger partial charge in [0.25, 0.3) is 0 Å². The van der Waals surface area contributed by atoms with Gasteiger partial charge >= 0.3 is 0 Å². The summed E-state index contributed by atoms with van der Waals surface area (Å²) in [6.07, 6.45) is 5.64. The van der Waals surface area contributed by atoms with Gasteiger partial charge in [0.2, 0.25) is 5.91 Å². The summed E-state index contributed by atoms with van der Waals surface area (Å²) in [5.41, 5.74) is 2.26. The van der Waals surface area contributed by atoms with Crippen molar-refractivity contribution in [2.24, 2.45) is 16.2 Å². The van der Waals surface area contributed by atoms with E-state index in [1.165, 1.54) is 18.4 Å². The molecule has 0 radical (unpaired) electrons. The lowest BCUT2D eigenvalue weighted by atomic mass is 9.43. The second-order valence-electron chi connectivity index (χ2n) is 8.13. The van der Waals surface area contributed by atoms with Gasteiger partial charge in [0.15, 0.2) is 0 Å². The molecule has 3 heteroatoms. The number of rotatable bonds is 5. The highest BCUT2D eigenvalue weighted by Gasteiger charge is 2.80. The maximum atomic E-state index is 13.1. The van der Waals surface area contributed by atoms with Crippen LogP contribution >= 0.6 is 15.9 Å². The van der Waals surface area contributed by atoms with Crippen LogP contribution in [-0.4, -0.2) is 10.7 Å². The van der Waals surface area contributed by atoms with Crippen LogP contribution in [0.2, 0.25) is 0 Å². The molecule has 3 aliphatic rings. The number of unbranched alkanes of at least 4 members (excludes halogenated alkanes) is 1. The largest absolute Gasteiger partial charge is 0.326 e. The van der Waals surface area contributed by atoms with Crippen LogP contribution in [0.5, 0.6) is 0 Å². The number of nitrogens with one attached hydrogen (secondary N) is 1. The predicted molar refractivity (Wildman–Crippen MR) is 100.0 cm³/mol. The summed E-state index contributed by atoms with van der Waals surface area (Å²) in [4.78, 5) is 13.3. The third-order valence-corrected chi connectivity index (χ3v) is 8.80. The number of amides is 1. The normalized spacial score (nSPS) is 34.0. The molecule has 0 aromatic heterocycles. The number of carbonyl (C=O) groups is 1. The Bertz CT molecular complexity index is 609. The van der Waals surface area contributed by atoms with Crippen molar-refractivity contribution in [3.8, 4) is 0 Å². The smallest absolute Gasteiger partial charge is 0.232 e. The fraction of sp³-hybridized carbons (Fsp3) is 0.650. The molecule has 23 heavy (non-hydrogen) atoms. The van der Waals surface area contributed by atoms with Gasteiger partial charge in [0, 0.05) is 10.5 Å². The lowest BCUT2D eigenvalue weighted by Gasteiger charge is -2.64. The van der Waals surface area contributed by atoms with E-state index in [4.69, 9.17) is 0 Å². The minimum absolute atomic E-state index is 0.0410. The molecule has 3 aliphatic carbocycles. The molecule has 3 fully saturated rings. The van der Waals surface area contributed by atoms with Crippen LogP contribution < -0.4 is 5.32 Å². The molecule has 0 spiro atoms. The van der Waals surface area contributed by atoms with E-state index in [2.05, 4.69) is 61.1 Å². The lowest BCUT2D eigenvalue weighted by molar-refractivity contribution is -0.155. The van der Waals surface area contributed by atoms with Crippen molar-refractivity contribution in [2.75, 3.05) is 5.32 Å². The molecular formula is C20H28BrNO. The van der Waals surface area contributed by atoms with Gasteiger partial charge in [-0.2, -0.15) is 0 Å². The molecule has 0 saturated heterocycles. The zero-order chi connectivity index (χ0) is 16.9. The highest BCUT2D eigenvalue weighted by molar-refractivity contribution is 9.09. The second-order valence-corrected chi connectivity index (χ2v) is 9.05. The maximum absolute atomic E-state index is 13.1. The van der Waals surface area contributed by atoms with Gasteiger partial charge in [-0.15, -0.1) is 0 Å². The van der Waals surface area contributed by atoms with Gasteiger partial charge in [-0.25, -0.2) is 0 Å². The van der Waals surface area contributed by atoms with Gasteiger partial charge < -0.3 is 5.32 Å². The Hall–Kier alpha value is -0.830. The molecule has 3 unspecified atom stereocenters. The van der Waals surface area contributed by atoms with Crippen LogP contribution in [0.25, 0.3) is 0 Å². The SMILES string of the molecule is CCCCc1ccc(NC(=O)C23CCC(C)(C2Br)C3(C)C)cc1. The van der Waals surface area contributed by atoms with E-state index in [0.717, 1.165) is 24.9 Å². The van der Waals surface area contributed by atoms with Gasteiger partial charge in [0.05, 0.1) is 5.41 Å². The second kappa shape index (κ2) is 5.61. The minimum atomic E-state index is -0.275. The number of fused-ring (bicyclic) bond motifs is 1. The first-order valence-corrected chi connectivity index (χ1v) is 9.75. The topological polar surface area (TPSA) is 29.1 Å². The first kappa shape index (κ1) is 17.0. The number of anilines is 1. The van der Waals surface area contributed by atoms with Crippen LogP contribution in [0.3, 0.4) is 0 Å².